The van der Waals surface area contributed by atoms with Crippen molar-refractivity contribution < 1.29 is 9.31 Å². The molecule has 2 aromatic rings. The molecule has 0 fully saturated rings. The van der Waals surface area contributed by atoms with E-state index in [0.717, 1.165) is 0 Å². The second kappa shape index (κ2) is 5.67. The molecule has 2 aromatic carbocycles. The predicted octanol–water partition coefficient (Wildman–Crippen LogP) is 4.00. The number of non-ortho nitro benzene ring substituents is 1. The van der Waals surface area contributed by atoms with Gasteiger partial charge in [0.1, 0.15) is 5.82 Å². The highest BCUT2D eigenvalue weighted by Crippen LogP contribution is 2.20. The normalized spacial score (nSPS) is 10.2. The van der Waals surface area contributed by atoms with E-state index in [0.29, 0.717) is 22.8 Å². The van der Waals surface area contributed by atoms with Gasteiger partial charge >= 0.3 is 0 Å². The first-order valence-corrected chi connectivity index (χ1v) is 5.86. The van der Waals surface area contributed by atoms with Crippen LogP contribution in [-0.4, -0.2) is 4.92 Å². The summed E-state index contributed by atoms with van der Waals surface area (Å²) in [7, 11) is 0. The maximum absolute atomic E-state index is 13.5. The lowest BCUT2D eigenvalue weighted by Gasteiger charge is -2.07. The van der Waals surface area contributed by atoms with Gasteiger partial charge in [0.15, 0.2) is 0 Å². The molecular weight excluding hydrogens is 271 g/mol. The number of nitro benzene ring substituents is 1. The number of nitrogens with zero attached hydrogens (tertiary/aromatic N) is 1. The molecule has 0 atom stereocenters. The first-order valence-electron chi connectivity index (χ1n) is 5.48. The summed E-state index contributed by atoms with van der Waals surface area (Å²) in [6.45, 7) is 0.292. The quantitative estimate of drug-likeness (QED) is 0.680. The lowest BCUT2D eigenvalue weighted by molar-refractivity contribution is -0.384. The van der Waals surface area contributed by atoms with Crippen molar-refractivity contribution in [2.75, 3.05) is 5.32 Å². The van der Waals surface area contributed by atoms with Gasteiger partial charge in [-0.25, -0.2) is 4.39 Å². The second-order valence-electron chi connectivity index (χ2n) is 3.90. The van der Waals surface area contributed by atoms with Crippen molar-refractivity contribution in [3.63, 3.8) is 0 Å². The molecule has 6 heteroatoms. The summed E-state index contributed by atoms with van der Waals surface area (Å²) < 4.78 is 13.5. The Balaban J connectivity index is 2.10. The van der Waals surface area contributed by atoms with E-state index in [9.17, 15) is 14.5 Å². The van der Waals surface area contributed by atoms with Gasteiger partial charge in [0.25, 0.3) is 5.69 Å². The molecule has 0 spiro atoms. The van der Waals surface area contributed by atoms with Crippen LogP contribution in [0.1, 0.15) is 5.56 Å². The smallest absolute Gasteiger partial charge is 0.269 e. The molecule has 1 N–H and O–H groups in total. The molecule has 98 valence electrons. The first-order chi connectivity index (χ1) is 9.06. The number of benzene rings is 2. The van der Waals surface area contributed by atoms with Crippen LogP contribution < -0.4 is 5.32 Å². The van der Waals surface area contributed by atoms with Gasteiger partial charge in [-0.05, 0) is 23.8 Å². The standard InChI is InChI=1S/C13H10ClFN2O2/c14-10-4-5-13(12(15)7-10)16-8-9-2-1-3-11(6-9)17(18)19/h1-7,16H,8H2. The molecule has 0 saturated heterocycles. The lowest BCUT2D eigenvalue weighted by Crippen LogP contribution is -2.01. The summed E-state index contributed by atoms with van der Waals surface area (Å²) in [4.78, 5) is 10.2. The van der Waals surface area contributed by atoms with Crippen LogP contribution in [0.4, 0.5) is 15.8 Å². The third-order valence-corrected chi connectivity index (χ3v) is 2.77. The van der Waals surface area contributed by atoms with Crippen LogP contribution in [0.5, 0.6) is 0 Å². The van der Waals surface area contributed by atoms with Crippen LogP contribution in [0.3, 0.4) is 0 Å². The van der Waals surface area contributed by atoms with E-state index >= 15 is 0 Å². The van der Waals surface area contributed by atoms with Crippen molar-refractivity contribution in [3.05, 3.63) is 69.0 Å². The monoisotopic (exact) mass is 280 g/mol. The molecule has 0 aromatic heterocycles. The second-order valence-corrected chi connectivity index (χ2v) is 4.34. The van der Waals surface area contributed by atoms with E-state index in [1.165, 1.54) is 24.3 Å². The molecule has 0 aliphatic carbocycles. The van der Waals surface area contributed by atoms with Crippen LogP contribution in [0.15, 0.2) is 42.5 Å². The average molecular weight is 281 g/mol. The molecular formula is C13H10ClFN2O2. The topological polar surface area (TPSA) is 55.2 Å². The molecule has 0 heterocycles. The number of rotatable bonds is 4. The number of hydrogen-bond donors (Lipinski definition) is 1. The van der Waals surface area contributed by atoms with E-state index < -0.39 is 10.7 Å². The molecule has 0 saturated carbocycles. The Morgan fingerprint density at radius 3 is 2.74 bits per heavy atom. The molecule has 0 radical (unpaired) electrons. The van der Waals surface area contributed by atoms with Crippen LogP contribution in [0, 0.1) is 15.9 Å². The third-order valence-electron chi connectivity index (χ3n) is 2.54. The minimum absolute atomic E-state index is 0.0101. The van der Waals surface area contributed by atoms with E-state index in [1.54, 1.807) is 18.2 Å². The summed E-state index contributed by atoms with van der Waals surface area (Å²) >= 11 is 5.65. The average Bonchev–Trinajstić information content (AvgIpc) is 2.38. The van der Waals surface area contributed by atoms with Crippen molar-refractivity contribution >= 4 is 23.0 Å². The molecule has 0 aliphatic rings. The summed E-state index contributed by atoms with van der Waals surface area (Å²) in [6, 6.07) is 10.5. The van der Waals surface area contributed by atoms with Crippen LogP contribution in [-0.2, 0) is 6.54 Å². The molecule has 0 unspecified atom stereocenters. The Kier molecular flexibility index (Phi) is 3.97. The largest absolute Gasteiger partial charge is 0.379 e. The maximum Gasteiger partial charge on any atom is 0.269 e. The lowest BCUT2D eigenvalue weighted by atomic mass is 10.2. The molecule has 2 rings (SSSR count). The van der Waals surface area contributed by atoms with E-state index in [-0.39, 0.29) is 5.69 Å². The van der Waals surface area contributed by atoms with E-state index in [2.05, 4.69) is 5.32 Å². The molecule has 0 aliphatic heterocycles. The van der Waals surface area contributed by atoms with E-state index in [4.69, 9.17) is 11.6 Å². The van der Waals surface area contributed by atoms with E-state index in [1.807, 2.05) is 0 Å². The van der Waals surface area contributed by atoms with Gasteiger partial charge in [-0.3, -0.25) is 10.1 Å². The van der Waals surface area contributed by atoms with Crippen LogP contribution >= 0.6 is 11.6 Å². The van der Waals surface area contributed by atoms with Gasteiger partial charge in [0.05, 0.1) is 10.6 Å². The number of halogens is 2. The summed E-state index contributed by atoms with van der Waals surface area (Å²) in [5.74, 6) is -0.460. The Morgan fingerprint density at radius 1 is 1.26 bits per heavy atom. The minimum Gasteiger partial charge on any atom is -0.379 e. The fraction of sp³-hybridized carbons (Fsp3) is 0.0769. The van der Waals surface area contributed by atoms with Crippen molar-refractivity contribution in [1.29, 1.82) is 0 Å². The Bertz CT molecular complexity index is 619. The van der Waals surface area contributed by atoms with Gasteiger partial charge in [-0.2, -0.15) is 0 Å². The van der Waals surface area contributed by atoms with Crippen molar-refractivity contribution in [1.82, 2.24) is 0 Å². The van der Waals surface area contributed by atoms with Crippen molar-refractivity contribution in [2.45, 2.75) is 6.54 Å². The maximum atomic E-state index is 13.5. The van der Waals surface area contributed by atoms with Crippen molar-refractivity contribution in [3.8, 4) is 0 Å². The Hall–Kier alpha value is -2.14. The SMILES string of the molecule is O=[N+]([O-])c1cccc(CNc2ccc(Cl)cc2F)c1. The van der Waals surface area contributed by atoms with Gasteiger partial charge in [0.2, 0.25) is 0 Å². The van der Waals surface area contributed by atoms with Gasteiger partial charge < -0.3 is 5.32 Å². The Morgan fingerprint density at radius 2 is 2.05 bits per heavy atom. The number of hydrogen-bond acceptors (Lipinski definition) is 3. The van der Waals surface area contributed by atoms with Gasteiger partial charge in [-0.15, -0.1) is 0 Å². The zero-order chi connectivity index (χ0) is 13.8. The molecule has 4 nitrogen and oxygen atoms in total. The molecule has 19 heavy (non-hydrogen) atoms. The minimum atomic E-state index is -0.466. The summed E-state index contributed by atoms with van der Waals surface area (Å²) in [6.07, 6.45) is 0. The Labute approximate surface area is 114 Å². The molecule has 0 bridgehead atoms. The molecule has 0 amide bonds. The zero-order valence-electron chi connectivity index (χ0n) is 9.77. The van der Waals surface area contributed by atoms with Crippen LogP contribution in [0.2, 0.25) is 5.02 Å². The summed E-state index contributed by atoms with van der Waals surface area (Å²) in [5, 5.41) is 13.8. The van der Waals surface area contributed by atoms with Gasteiger partial charge in [-0.1, -0.05) is 23.7 Å². The number of nitro groups is 1. The summed E-state index contributed by atoms with van der Waals surface area (Å²) in [5.41, 5.74) is 1.01. The number of anilines is 1. The highest BCUT2D eigenvalue weighted by Gasteiger charge is 2.06. The highest BCUT2D eigenvalue weighted by atomic mass is 35.5. The fourth-order valence-corrected chi connectivity index (χ4v) is 1.77. The first kappa shape index (κ1) is 13.3. The highest BCUT2D eigenvalue weighted by molar-refractivity contribution is 6.30. The van der Waals surface area contributed by atoms with Crippen LogP contribution in [0.25, 0.3) is 0 Å². The van der Waals surface area contributed by atoms with Gasteiger partial charge in [0, 0.05) is 23.7 Å². The predicted molar refractivity (Wildman–Crippen MR) is 71.8 cm³/mol. The fourth-order valence-electron chi connectivity index (χ4n) is 1.61. The third kappa shape index (κ3) is 3.42. The zero-order valence-corrected chi connectivity index (χ0v) is 10.5. The van der Waals surface area contributed by atoms with Crippen molar-refractivity contribution in [2.24, 2.45) is 0 Å². The number of nitrogens with one attached hydrogen (secondary N) is 1.